The van der Waals surface area contributed by atoms with E-state index in [1.807, 2.05) is 13.0 Å². The Balaban J connectivity index is 2.92. The molecule has 0 heterocycles. The van der Waals surface area contributed by atoms with Gasteiger partial charge in [-0.15, -0.1) is 0 Å². The predicted octanol–water partition coefficient (Wildman–Crippen LogP) is 2.58. The molecular weight excluding hydrogens is 212 g/mol. The smallest absolute Gasteiger partial charge is 0.314 e. The normalized spacial score (nSPS) is 12.5. The van der Waals surface area contributed by atoms with Crippen molar-refractivity contribution in [2.75, 3.05) is 0 Å². The number of benzene rings is 1. The van der Waals surface area contributed by atoms with Crippen molar-refractivity contribution in [2.45, 2.75) is 31.9 Å². The van der Waals surface area contributed by atoms with Crippen molar-refractivity contribution in [3.8, 4) is 5.75 Å². The van der Waals surface area contributed by atoms with Gasteiger partial charge in [-0.25, -0.2) is 0 Å². The van der Waals surface area contributed by atoms with E-state index in [1.165, 1.54) is 0 Å². The molecule has 0 spiro atoms. The minimum absolute atomic E-state index is 0.360. The van der Waals surface area contributed by atoms with Crippen LogP contribution < -0.4 is 4.18 Å². The lowest BCUT2D eigenvalue weighted by Gasteiger charge is -2.22. The van der Waals surface area contributed by atoms with Crippen molar-refractivity contribution in [3.63, 3.8) is 0 Å². The molecule has 0 aliphatic carbocycles. The van der Waals surface area contributed by atoms with E-state index in [4.69, 9.17) is 4.18 Å². The molecule has 0 fully saturated rings. The number of para-hydroxylation sites is 1. The molecule has 84 valence electrons. The fraction of sp³-hybridized carbons (Fsp3) is 0.455. The highest BCUT2D eigenvalue weighted by Gasteiger charge is 2.34. The molecule has 1 rings (SSSR count). The Morgan fingerprint density at radius 2 is 1.73 bits per heavy atom. The molecule has 3 nitrogen and oxygen atoms in total. The van der Waals surface area contributed by atoms with Crippen LogP contribution >= 0.6 is 0 Å². The summed E-state index contributed by atoms with van der Waals surface area (Å²) in [5.41, 5.74) is 0. The summed E-state index contributed by atoms with van der Waals surface area (Å²) in [6, 6.07) is 8.55. The molecule has 0 bridgehead atoms. The first-order valence-electron chi connectivity index (χ1n) is 4.88. The molecule has 0 aliphatic heterocycles. The van der Waals surface area contributed by atoms with Gasteiger partial charge in [-0.2, -0.15) is 8.42 Å². The second-order valence-corrected chi connectivity index (χ2v) is 6.14. The summed E-state index contributed by atoms with van der Waals surface area (Å²) in [4.78, 5) is 0. The minimum Gasteiger partial charge on any atom is -0.382 e. The third-order valence-electron chi connectivity index (χ3n) is 2.48. The van der Waals surface area contributed by atoms with Crippen LogP contribution in [0.5, 0.6) is 5.75 Å². The lowest BCUT2D eigenvalue weighted by atomic mass is 10.1. The topological polar surface area (TPSA) is 43.4 Å². The van der Waals surface area contributed by atoms with Gasteiger partial charge in [0.05, 0.1) is 0 Å². The molecule has 0 aliphatic rings. The van der Waals surface area contributed by atoms with Crippen LogP contribution in [0.15, 0.2) is 30.3 Å². The summed E-state index contributed by atoms with van der Waals surface area (Å²) in [5, 5.41) is 0. The zero-order valence-electron chi connectivity index (χ0n) is 9.23. The molecule has 0 N–H and O–H groups in total. The van der Waals surface area contributed by atoms with Crippen LogP contribution in [-0.2, 0) is 10.1 Å². The van der Waals surface area contributed by atoms with Gasteiger partial charge < -0.3 is 4.18 Å². The highest BCUT2D eigenvalue weighted by atomic mass is 32.2. The Bertz CT molecular complexity index is 407. The fourth-order valence-corrected chi connectivity index (χ4v) is 1.84. The van der Waals surface area contributed by atoms with Crippen LogP contribution in [-0.4, -0.2) is 13.2 Å². The van der Waals surface area contributed by atoms with Gasteiger partial charge in [-0.05, 0) is 32.4 Å². The summed E-state index contributed by atoms with van der Waals surface area (Å²) < 4.78 is 27.8. The third-order valence-corrected chi connectivity index (χ3v) is 4.53. The molecule has 1 aromatic carbocycles. The van der Waals surface area contributed by atoms with Gasteiger partial charge in [0.2, 0.25) is 0 Å². The molecule has 0 amide bonds. The Morgan fingerprint density at radius 1 is 1.20 bits per heavy atom. The maximum Gasteiger partial charge on any atom is 0.314 e. The average Bonchev–Trinajstić information content (AvgIpc) is 2.18. The molecule has 1 aromatic rings. The second-order valence-electron chi connectivity index (χ2n) is 3.96. The number of hydrogen-bond donors (Lipinski definition) is 0. The largest absolute Gasteiger partial charge is 0.382 e. The maximum absolute atomic E-state index is 11.8. The molecule has 15 heavy (non-hydrogen) atoms. The van der Waals surface area contributed by atoms with Gasteiger partial charge in [0.15, 0.2) is 0 Å². The van der Waals surface area contributed by atoms with Gasteiger partial charge in [0, 0.05) is 0 Å². The Morgan fingerprint density at radius 3 is 2.20 bits per heavy atom. The zero-order valence-corrected chi connectivity index (χ0v) is 10.0. The Kier molecular flexibility index (Phi) is 3.39. The molecule has 0 atom stereocenters. The van der Waals surface area contributed by atoms with Crippen LogP contribution in [0.4, 0.5) is 0 Å². The van der Waals surface area contributed by atoms with Crippen molar-refractivity contribution in [1.29, 1.82) is 0 Å². The SMILES string of the molecule is CCC(C)(C)S(=O)(=O)Oc1ccccc1. The van der Waals surface area contributed by atoms with Gasteiger partial charge in [-0.3, -0.25) is 0 Å². The first-order chi connectivity index (χ1) is 6.89. The summed E-state index contributed by atoms with van der Waals surface area (Å²) in [5.74, 6) is 0.360. The van der Waals surface area contributed by atoms with Crippen LogP contribution in [0.3, 0.4) is 0 Å². The lowest BCUT2D eigenvalue weighted by molar-refractivity contribution is 0.441. The number of rotatable bonds is 4. The molecule has 0 saturated heterocycles. The first-order valence-corrected chi connectivity index (χ1v) is 6.29. The fourth-order valence-electron chi connectivity index (χ4n) is 0.892. The van der Waals surface area contributed by atoms with E-state index in [0.717, 1.165) is 0 Å². The van der Waals surface area contributed by atoms with Crippen molar-refractivity contribution in [1.82, 2.24) is 0 Å². The predicted molar refractivity (Wildman–Crippen MR) is 60.4 cm³/mol. The number of hydrogen-bond acceptors (Lipinski definition) is 3. The summed E-state index contributed by atoms with van der Waals surface area (Å²) in [6.45, 7) is 5.14. The zero-order chi connectivity index (χ0) is 11.5. The lowest BCUT2D eigenvalue weighted by Crippen LogP contribution is -2.34. The van der Waals surface area contributed by atoms with Crippen LogP contribution in [0.25, 0.3) is 0 Å². The molecule has 0 aromatic heterocycles. The quantitative estimate of drug-likeness (QED) is 0.744. The van der Waals surface area contributed by atoms with E-state index in [0.29, 0.717) is 12.2 Å². The van der Waals surface area contributed by atoms with Gasteiger partial charge in [0.1, 0.15) is 10.5 Å². The molecule has 0 radical (unpaired) electrons. The van der Waals surface area contributed by atoms with E-state index in [2.05, 4.69) is 0 Å². The first kappa shape index (κ1) is 12.0. The summed E-state index contributed by atoms with van der Waals surface area (Å²) >= 11 is 0. The molecular formula is C11H16O3S. The van der Waals surface area contributed by atoms with Gasteiger partial charge >= 0.3 is 10.1 Å². The van der Waals surface area contributed by atoms with Crippen molar-refractivity contribution in [2.24, 2.45) is 0 Å². The van der Waals surface area contributed by atoms with Crippen molar-refractivity contribution in [3.05, 3.63) is 30.3 Å². The van der Waals surface area contributed by atoms with Gasteiger partial charge in [0.25, 0.3) is 0 Å². The highest BCUT2D eigenvalue weighted by molar-refractivity contribution is 7.88. The van der Waals surface area contributed by atoms with E-state index < -0.39 is 14.9 Å². The monoisotopic (exact) mass is 228 g/mol. The average molecular weight is 228 g/mol. The molecule has 4 heteroatoms. The van der Waals surface area contributed by atoms with Crippen molar-refractivity contribution >= 4 is 10.1 Å². The van der Waals surface area contributed by atoms with E-state index in [1.54, 1.807) is 38.1 Å². The Hall–Kier alpha value is -1.03. The van der Waals surface area contributed by atoms with Crippen LogP contribution in [0.1, 0.15) is 27.2 Å². The van der Waals surface area contributed by atoms with E-state index >= 15 is 0 Å². The van der Waals surface area contributed by atoms with E-state index in [9.17, 15) is 8.42 Å². The molecule has 0 saturated carbocycles. The minimum atomic E-state index is -3.56. The highest BCUT2D eigenvalue weighted by Crippen LogP contribution is 2.24. The van der Waals surface area contributed by atoms with Crippen molar-refractivity contribution < 1.29 is 12.6 Å². The summed E-state index contributed by atoms with van der Waals surface area (Å²) in [6.07, 6.45) is 0.516. The maximum atomic E-state index is 11.8. The summed E-state index contributed by atoms with van der Waals surface area (Å²) in [7, 11) is -3.56. The van der Waals surface area contributed by atoms with Gasteiger partial charge in [-0.1, -0.05) is 25.1 Å². The second kappa shape index (κ2) is 4.23. The standard InChI is InChI=1S/C11H16O3S/c1-4-11(2,3)15(12,13)14-10-8-6-5-7-9-10/h5-9H,4H2,1-3H3. The third kappa shape index (κ3) is 2.72. The van der Waals surface area contributed by atoms with Crippen LogP contribution in [0.2, 0.25) is 0 Å². The van der Waals surface area contributed by atoms with Crippen LogP contribution in [0, 0.1) is 0 Å². The van der Waals surface area contributed by atoms with E-state index in [-0.39, 0.29) is 0 Å². The molecule has 0 unspecified atom stereocenters. The Labute approximate surface area is 91.2 Å².